The Labute approximate surface area is 95.1 Å². The first-order chi connectivity index (χ1) is 7.70. The molecule has 88 valence electrons. The van der Waals surface area contributed by atoms with E-state index in [-0.39, 0.29) is 11.7 Å². The van der Waals surface area contributed by atoms with E-state index in [2.05, 4.69) is 0 Å². The average Bonchev–Trinajstić information content (AvgIpc) is 2.33. The highest BCUT2D eigenvalue weighted by Crippen LogP contribution is 2.30. The van der Waals surface area contributed by atoms with Crippen LogP contribution in [-0.4, -0.2) is 18.3 Å². The summed E-state index contributed by atoms with van der Waals surface area (Å²) in [4.78, 5) is 0. The van der Waals surface area contributed by atoms with Crippen molar-refractivity contribution in [1.29, 1.82) is 0 Å². The van der Waals surface area contributed by atoms with Crippen LogP contribution in [0.2, 0.25) is 0 Å². The molecule has 1 heterocycles. The minimum absolute atomic E-state index is 0.0186. The number of aryl methyl sites for hydroxylation is 1. The number of aliphatic hydroxyl groups excluding tert-OH is 1. The highest BCUT2D eigenvalue weighted by Gasteiger charge is 2.26. The van der Waals surface area contributed by atoms with Gasteiger partial charge in [-0.3, -0.25) is 0 Å². The molecule has 16 heavy (non-hydrogen) atoms. The fourth-order valence-corrected chi connectivity index (χ4v) is 2.17. The molecule has 1 N–H and O–H groups in total. The summed E-state index contributed by atoms with van der Waals surface area (Å²) in [6.45, 7) is 2.98. The summed E-state index contributed by atoms with van der Waals surface area (Å²) in [5.41, 5.74) is 0.976. The van der Waals surface area contributed by atoms with Crippen LogP contribution in [-0.2, 0) is 4.74 Å². The Morgan fingerprint density at radius 3 is 3.00 bits per heavy atom. The maximum atomic E-state index is 13.8. The Morgan fingerprint density at radius 1 is 1.50 bits per heavy atom. The smallest absolute Gasteiger partial charge is 0.131 e. The molecular formula is C13H17FO2. The second-order valence-electron chi connectivity index (χ2n) is 4.40. The third kappa shape index (κ3) is 2.25. The standard InChI is InChI=1S/C13H17FO2/c1-9-4-2-6-11(12(9)14)13(15)10-5-3-7-16-8-10/h2,4,6,10,13,15H,3,5,7-8H2,1H3. The molecule has 1 aliphatic rings. The van der Waals surface area contributed by atoms with Crippen molar-refractivity contribution < 1.29 is 14.2 Å². The van der Waals surface area contributed by atoms with Crippen LogP contribution in [0.3, 0.4) is 0 Å². The van der Waals surface area contributed by atoms with E-state index in [1.165, 1.54) is 0 Å². The largest absolute Gasteiger partial charge is 0.388 e. The van der Waals surface area contributed by atoms with Crippen LogP contribution >= 0.6 is 0 Å². The van der Waals surface area contributed by atoms with Gasteiger partial charge in [-0.2, -0.15) is 0 Å². The van der Waals surface area contributed by atoms with E-state index in [0.29, 0.717) is 17.7 Å². The number of aliphatic hydroxyl groups is 1. The lowest BCUT2D eigenvalue weighted by molar-refractivity contribution is -0.0112. The van der Waals surface area contributed by atoms with Crippen LogP contribution in [0, 0.1) is 18.7 Å². The van der Waals surface area contributed by atoms with Crippen LogP contribution in [0.5, 0.6) is 0 Å². The number of hydrogen-bond donors (Lipinski definition) is 1. The van der Waals surface area contributed by atoms with E-state index in [9.17, 15) is 9.50 Å². The van der Waals surface area contributed by atoms with Crippen molar-refractivity contribution in [2.45, 2.75) is 25.9 Å². The topological polar surface area (TPSA) is 29.5 Å². The van der Waals surface area contributed by atoms with Gasteiger partial charge in [0.15, 0.2) is 0 Å². The predicted molar refractivity (Wildman–Crippen MR) is 59.6 cm³/mol. The zero-order chi connectivity index (χ0) is 11.5. The lowest BCUT2D eigenvalue weighted by Crippen LogP contribution is -2.24. The van der Waals surface area contributed by atoms with Gasteiger partial charge in [0.1, 0.15) is 5.82 Å². The second kappa shape index (κ2) is 4.93. The van der Waals surface area contributed by atoms with Gasteiger partial charge in [-0.1, -0.05) is 18.2 Å². The molecule has 0 amide bonds. The summed E-state index contributed by atoms with van der Waals surface area (Å²) in [6.07, 6.45) is 1.09. The second-order valence-corrected chi connectivity index (χ2v) is 4.40. The van der Waals surface area contributed by atoms with Gasteiger partial charge in [-0.15, -0.1) is 0 Å². The zero-order valence-corrected chi connectivity index (χ0v) is 9.45. The molecule has 2 nitrogen and oxygen atoms in total. The summed E-state index contributed by atoms with van der Waals surface area (Å²) in [5, 5.41) is 10.1. The minimum Gasteiger partial charge on any atom is -0.388 e. The van der Waals surface area contributed by atoms with Gasteiger partial charge in [-0.25, -0.2) is 4.39 Å². The van der Waals surface area contributed by atoms with Gasteiger partial charge >= 0.3 is 0 Å². The van der Waals surface area contributed by atoms with Crippen LogP contribution in [0.4, 0.5) is 4.39 Å². The molecular weight excluding hydrogens is 207 g/mol. The number of ether oxygens (including phenoxy) is 1. The van der Waals surface area contributed by atoms with E-state index in [4.69, 9.17) is 4.74 Å². The predicted octanol–water partition coefficient (Wildman–Crippen LogP) is 2.59. The zero-order valence-electron chi connectivity index (χ0n) is 9.45. The summed E-state index contributed by atoms with van der Waals surface area (Å²) >= 11 is 0. The molecule has 1 fully saturated rings. The van der Waals surface area contributed by atoms with Crippen molar-refractivity contribution in [2.75, 3.05) is 13.2 Å². The highest BCUT2D eigenvalue weighted by molar-refractivity contribution is 5.27. The molecule has 1 aliphatic heterocycles. The quantitative estimate of drug-likeness (QED) is 0.836. The maximum absolute atomic E-state index is 13.8. The van der Waals surface area contributed by atoms with Crippen LogP contribution < -0.4 is 0 Å². The summed E-state index contributed by atoms with van der Waals surface area (Å²) < 4.78 is 19.1. The van der Waals surface area contributed by atoms with Crippen molar-refractivity contribution in [3.8, 4) is 0 Å². The fraction of sp³-hybridized carbons (Fsp3) is 0.538. The number of benzene rings is 1. The lowest BCUT2D eigenvalue weighted by Gasteiger charge is -2.27. The van der Waals surface area contributed by atoms with Crippen molar-refractivity contribution in [1.82, 2.24) is 0 Å². The molecule has 0 saturated carbocycles. The molecule has 1 aromatic rings. The molecule has 0 spiro atoms. The third-order valence-electron chi connectivity index (χ3n) is 3.18. The fourth-order valence-electron chi connectivity index (χ4n) is 2.17. The molecule has 3 heteroatoms. The van der Waals surface area contributed by atoms with Crippen molar-refractivity contribution in [2.24, 2.45) is 5.92 Å². The third-order valence-corrected chi connectivity index (χ3v) is 3.18. The monoisotopic (exact) mass is 224 g/mol. The molecule has 1 aromatic carbocycles. The summed E-state index contributed by atoms with van der Waals surface area (Å²) in [5.74, 6) is -0.273. The van der Waals surface area contributed by atoms with E-state index in [1.54, 1.807) is 25.1 Å². The Kier molecular flexibility index (Phi) is 3.56. The normalized spacial score (nSPS) is 23.1. The summed E-state index contributed by atoms with van der Waals surface area (Å²) in [7, 11) is 0. The molecule has 0 radical (unpaired) electrons. The molecule has 0 aliphatic carbocycles. The lowest BCUT2D eigenvalue weighted by atomic mass is 9.90. The average molecular weight is 224 g/mol. The Morgan fingerprint density at radius 2 is 2.31 bits per heavy atom. The number of hydrogen-bond acceptors (Lipinski definition) is 2. The van der Waals surface area contributed by atoms with Crippen LogP contribution in [0.25, 0.3) is 0 Å². The number of halogens is 1. The van der Waals surface area contributed by atoms with Crippen molar-refractivity contribution in [3.63, 3.8) is 0 Å². The first kappa shape index (κ1) is 11.6. The molecule has 2 rings (SSSR count). The van der Waals surface area contributed by atoms with E-state index < -0.39 is 6.10 Å². The SMILES string of the molecule is Cc1cccc(C(O)C2CCCOC2)c1F. The van der Waals surface area contributed by atoms with Crippen LogP contribution in [0.15, 0.2) is 18.2 Å². The van der Waals surface area contributed by atoms with Gasteiger partial charge in [0.25, 0.3) is 0 Å². The van der Waals surface area contributed by atoms with E-state index in [0.717, 1.165) is 19.4 Å². The first-order valence-electron chi connectivity index (χ1n) is 5.71. The van der Waals surface area contributed by atoms with Crippen molar-refractivity contribution in [3.05, 3.63) is 35.1 Å². The Hall–Kier alpha value is -0.930. The van der Waals surface area contributed by atoms with Gasteiger partial charge in [-0.05, 0) is 25.3 Å². The van der Waals surface area contributed by atoms with Gasteiger partial charge in [0.2, 0.25) is 0 Å². The molecule has 0 aromatic heterocycles. The van der Waals surface area contributed by atoms with Gasteiger partial charge in [0.05, 0.1) is 12.7 Å². The molecule has 1 saturated heterocycles. The van der Waals surface area contributed by atoms with Gasteiger partial charge in [0, 0.05) is 18.1 Å². The number of rotatable bonds is 2. The minimum atomic E-state index is -0.750. The maximum Gasteiger partial charge on any atom is 0.131 e. The highest BCUT2D eigenvalue weighted by atomic mass is 19.1. The van der Waals surface area contributed by atoms with E-state index in [1.807, 2.05) is 0 Å². The van der Waals surface area contributed by atoms with E-state index >= 15 is 0 Å². The van der Waals surface area contributed by atoms with Crippen molar-refractivity contribution >= 4 is 0 Å². The molecule has 0 bridgehead atoms. The van der Waals surface area contributed by atoms with Gasteiger partial charge < -0.3 is 9.84 Å². The first-order valence-corrected chi connectivity index (χ1v) is 5.71. The molecule has 2 unspecified atom stereocenters. The Balaban J connectivity index is 2.19. The molecule has 2 atom stereocenters. The summed E-state index contributed by atoms with van der Waals surface area (Å²) in [6, 6.07) is 5.14. The van der Waals surface area contributed by atoms with Crippen LogP contribution in [0.1, 0.15) is 30.1 Å². The Bertz CT molecular complexity index is 359.